The van der Waals surface area contributed by atoms with Crippen LogP contribution < -0.4 is 10.3 Å². The van der Waals surface area contributed by atoms with Gasteiger partial charge >= 0.3 is 0 Å². The van der Waals surface area contributed by atoms with Gasteiger partial charge in [0.1, 0.15) is 10.6 Å². The van der Waals surface area contributed by atoms with Gasteiger partial charge in [0, 0.05) is 4.88 Å². The summed E-state index contributed by atoms with van der Waals surface area (Å²) in [7, 11) is 1.62. The van der Waals surface area contributed by atoms with E-state index in [1.54, 1.807) is 24.5 Å². The van der Waals surface area contributed by atoms with E-state index < -0.39 is 0 Å². The number of thiophene rings is 1. The Labute approximate surface area is 160 Å². The minimum Gasteiger partial charge on any atom is -0.497 e. The van der Waals surface area contributed by atoms with Gasteiger partial charge in [-0.1, -0.05) is 30.7 Å². The number of hydrogen-bond donors (Lipinski definition) is 1. The highest BCUT2D eigenvalue weighted by atomic mass is 35.5. The predicted molar refractivity (Wildman–Crippen MR) is 108 cm³/mol. The van der Waals surface area contributed by atoms with Crippen molar-refractivity contribution in [2.45, 2.75) is 26.2 Å². The molecule has 0 aliphatic heterocycles. The highest BCUT2D eigenvalue weighted by Crippen LogP contribution is 2.36. The molecule has 0 radical (unpaired) electrons. The van der Waals surface area contributed by atoms with E-state index in [-0.39, 0.29) is 5.56 Å². The molecule has 4 rings (SSSR count). The van der Waals surface area contributed by atoms with Gasteiger partial charge in [0.05, 0.1) is 17.5 Å². The molecule has 26 heavy (non-hydrogen) atoms. The molecule has 0 saturated carbocycles. The average molecular weight is 387 g/mol. The summed E-state index contributed by atoms with van der Waals surface area (Å²) < 4.78 is 5.23. The Bertz CT molecular complexity index is 1070. The van der Waals surface area contributed by atoms with Crippen LogP contribution in [0.1, 0.15) is 35.2 Å². The number of H-pyrrole nitrogens is 1. The molecular weight excluding hydrogens is 368 g/mol. The zero-order chi connectivity index (χ0) is 18.3. The number of fused-ring (bicyclic) bond motifs is 3. The molecule has 1 aliphatic rings. The van der Waals surface area contributed by atoms with Gasteiger partial charge in [-0.05, 0) is 54.5 Å². The summed E-state index contributed by atoms with van der Waals surface area (Å²) in [5.74, 6) is 1.81. The normalized spacial score (nSPS) is 17.3. The van der Waals surface area contributed by atoms with Crippen LogP contribution in [-0.2, 0) is 12.8 Å². The van der Waals surface area contributed by atoms with Gasteiger partial charge in [-0.2, -0.15) is 0 Å². The van der Waals surface area contributed by atoms with E-state index in [2.05, 4.69) is 16.9 Å². The first-order valence-corrected chi connectivity index (χ1v) is 9.81. The lowest BCUT2D eigenvalue weighted by molar-refractivity contribution is 0.414. The monoisotopic (exact) mass is 386 g/mol. The summed E-state index contributed by atoms with van der Waals surface area (Å²) in [5, 5.41) is 1.14. The van der Waals surface area contributed by atoms with Crippen molar-refractivity contribution < 1.29 is 4.74 Å². The number of methoxy groups -OCH3 is 1. The molecule has 4 nitrogen and oxygen atoms in total. The molecule has 0 bridgehead atoms. The molecule has 0 spiro atoms. The summed E-state index contributed by atoms with van der Waals surface area (Å²) in [6.07, 6.45) is 4.88. The number of nitrogens with zero attached hydrogens (tertiary/aromatic N) is 1. The van der Waals surface area contributed by atoms with Crippen LogP contribution >= 0.6 is 22.9 Å². The van der Waals surface area contributed by atoms with Crippen molar-refractivity contribution in [2.75, 3.05) is 7.11 Å². The average Bonchev–Trinajstić information content (AvgIpc) is 2.99. The zero-order valence-corrected chi connectivity index (χ0v) is 16.2. The van der Waals surface area contributed by atoms with Gasteiger partial charge in [0.25, 0.3) is 5.56 Å². The van der Waals surface area contributed by atoms with Crippen molar-refractivity contribution in [3.8, 4) is 5.75 Å². The number of aromatic nitrogens is 2. The number of halogens is 1. The molecule has 2 aromatic heterocycles. The second-order valence-corrected chi connectivity index (χ2v) is 8.21. The van der Waals surface area contributed by atoms with Gasteiger partial charge in [-0.25, -0.2) is 4.98 Å². The number of benzene rings is 1. The summed E-state index contributed by atoms with van der Waals surface area (Å²) >= 11 is 8.08. The van der Waals surface area contributed by atoms with E-state index in [1.807, 2.05) is 24.3 Å². The molecule has 1 aliphatic carbocycles. The Morgan fingerprint density at radius 2 is 2.31 bits per heavy atom. The topological polar surface area (TPSA) is 55.0 Å². The lowest BCUT2D eigenvalue weighted by Crippen LogP contribution is -2.14. The molecule has 134 valence electrons. The lowest BCUT2D eigenvalue weighted by atomic mass is 9.89. The molecule has 1 atom stereocenters. The first-order valence-electron chi connectivity index (χ1n) is 8.61. The number of nitrogens with one attached hydrogen (secondary N) is 1. The van der Waals surface area contributed by atoms with Crippen LogP contribution in [0.3, 0.4) is 0 Å². The molecule has 6 heteroatoms. The Balaban J connectivity index is 1.77. The zero-order valence-electron chi connectivity index (χ0n) is 14.6. The third kappa shape index (κ3) is 3.17. The third-order valence-corrected chi connectivity index (χ3v) is 6.22. The van der Waals surface area contributed by atoms with Crippen LogP contribution in [0, 0.1) is 5.92 Å². The van der Waals surface area contributed by atoms with Crippen LogP contribution in [0.5, 0.6) is 5.75 Å². The van der Waals surface area contributed by atoms with Gasteiger partial charge in [0.2, 0.25) is 0 Å². The van der Waals surface area contributed by atoms with E-state index >= 15 is 0 Å². The Hall–Kier alpha value is -2.11. The number of aryl methyl sites for hydroxylation is 1. The first-order chi connectivity index (χ1) is 12.5. The molecular formula is C20H19ClN2O2S. The Kier molecular flexibility index (Phi) is 4.59. The first kappa shape index (κ1) is 17.3. The summed E-state index contributed by atoms with van der Waals surface area (Å²) in [6.45, 7) is 2.25. The SMILES string of the molecule is COc1cccc(/C=C(\Cl)c2nc3sc4c(c3c(=O)[nH]2)CC[C@@H](C)C4)c1. The van der Waals surface area contributed by atoms with Crippen LogP contribution in [0.25, 0.3) is 21.3 Å². The molecule has 0 unspecified atom stereocenters. The minimum atomic E-state index is -0.103. The highest BCUT2D eigenvalue weighted by Gasteiger charge is 2.23. The molecule has 0 saturated heterocycles. The second kappa shape index (κ2) is 6.89. The fourth-order valence-electron chi connectivity index (χ4n) is 3.41. The molecule has 3 aromatic rings. The third-order valence-electron chi connectivity index (χ3n) is 4.78. The van der Waals surface area contributed by atoms with Crippen LogP contribution in [-0.4, -0.2) is 17.1 Å². The van der Waals surface area contributed by atoms with Crippen LogP contribution in [0.15, 0.2) is 29.1 Å². The smallest absolute Gasteiger partial charge is 0.260 e. The van der Waals surface area contributed by atoms with Crippen molar-refractivity contribution in [1.29, 1.82) is 0 Å². The van der Waals surface area contributed by atoms with Crippen molar-refractivity contribution in [1.82, 2.24) is 9.97 Å². The predicted octanol–water partition coefficient (Wildman–Crippen LogP) is 4.85. The van der Waals surface area contributed by atoms with Crippen molar-refractivity contribution in [3.05, 3.63) is 56.4 Å². The minimum absolute atomic E-state index is 0.103. The number of aromatic amines is 1. The molecule has 2 heterocycles. The van der Waals surface area contributed by atoms with Crippen molar-refractivity contribution in [3.63, 3.8) is 0 Å². The van der Waals surface area contributed by atoms with Gasteiger partial charge in [-0.3, -0.25) is 4.79 Å². The van der Waals surface area contributed by atoms with E-state index in [1.165, 1.54) is 10.4 Å². The van der Waals surface area contributed by atoms with E-state index in [4.69, 9.17) is 16.3 Å². The van der Waals surface area contributed by atoms with Gasteiger partial charge in [-0.15, -0.1) is 11.3 Å². The maximum atomic E-state index is 12.7. The molecule has 1 N–H and O–H groups in total. The second-order valence-electron chi connectivity index (χ2n) is 6.72. The molecule has 1 aromatic carbocycles. The van der Waals surface area contributed by atoms with Crippen LogP contribution in [0.4, 0.5) is 0 Å². The number of hydrogen-bond acceptors (Lipinski definition) is 4. The number of rotatable bonds is 3. The highest BCUT2D eigenvalue weighted by molar-refractivity contribution is 7.18. The van der Waals surface area contributed by atoms with Crippen LogP contribution in [0.2, 0.25) is 0 Å². The summed E-state index contributed by atoms with van der Waals surface area (Å²) in [6, 6.07) is 7.56. The fourth-order valence-corrected chi connectivity index (χ4v) is 5.01. The standard InChI is InChI=1S/C20H19ClN2O2S/c1-11-6-7-14-16(8-11)26-20-17(14)19(24)22-18(23-20)15(21)10-12-4-3-5-13(9-12)25-2/h3-5,9-11H,6-8H2,1-2H3,(H,22,23,24)/b15-10-/t11-/m1/s1. The summed E-state index contributed by atoms with van der Waals surface area (Å²) in [5.41, 5.74) is 1.96. The Morgan fingerprint density at radius 1 is 1.46 bits per heavy atom. The fraction of sp³-hybridized carbons (Fsp3) is 0.300. The maximum absolute atomic E-state index is 12.7. The molecule has 0 fully saturated rings. The van der Waals surface area contributed by atoms with E-state index in [9.17, 15) is 4.79 Å². The van der Waals surface area contributed by atoms with E-state index in [0.29, 0.717) is 16.8 Å². The Morgan fingerprint density at radius 3 is 3.12 bits per heavy atom. The van der Waals surface area contributed by atoms with Crippen molar-refractivity contribution >= 4 is 44.3 Å². The lowest BCUT2D eigenvalue weighted by Gasteiger charge is -2.17. The van der Waals surface area contributed by atoms with Crippen molar-refractivity contribution in [2.24, 2.45) is 5.92 Å². The number of ether oxygens (including phenoxy) is 1. The molecule has 0 amide bonds. The maximum Gasteiger partial charge on any atom is 0.260 e. The summed E-state index contributed by atoms with van der Waals surface area (Å²) in [4.78, 5) is 22.2. The van der Waals surface area contributed by atoms with Gasteiger partial charge in [0.15, 0.2) is 5.82 Å². The largest absolute Gasteiger partial charge is 0.497 e. The quantitative estimate of drug-likeness (QED) is 0.699. The van der Waals surface area contributed by atoms with E-state index in [0.717, 1.165) is 40.8 Å². The van der Waals surface area contributed by atoms with Gasteiger partial charge < -0.3 is 9.72 Å².